The van der Waals surface area contributed by atoms with E-state index in [2.05, 4.69) is 15.1 Å². The number of aromatic nitrogens is 2. The van der Waals surface area contributed by atoms with Crippen LogP contribution in [-0.4, -0.2) is 15.8 Å². The van der Waals surface area contributed by atoms with Crippen molar-refractivity contribution >= 4 is 23.7 Å². The number of hydrogen-bond acceptors (Lipinski definition) is 3. The van der Waals surface area contributed by atoms with Crippen LogP contribution in [0.5, 0.6) is 0 Å². The summed E-state index contributed by atoms with van der Waals surface area (Å²) in [4.78, 5) is 12.3. The minimum absolute atomic E-state index is 0.0567. The largest absolute Gasteiger partial charge is 0.433 e. The molecule has 2 amide bonds. The lowest BCUT2D eigenvalue weighted by molar-refractivity contribution is -0.143. The zero-order valence-electron chi connectivity index (χ0n) is 15.8. The van der Waals surface area contributed by atoms with Gasteiger partial charge in [0.15, 0.2) is 0 Å². The standard InChI is InChI=1S/C18H23F3N4OS/c1-10(2)12-7-6-8-13(11(3)4)16(12)22-17(26)24-27-15-9-14(18(19,20)21)25(5)23-15/h6-11H,1-5H3,(H2,22,24,26). The van der Waals surface area contributed by atoms with Crippen LogP contribution in [0.15, 0.2) is 29.3 Å². The second-order valence-electron chi connectivity index (χ2n) is 6.77. The highest BCUT2D eigenvalue weighted by atomic mass is 32.2. The number of urea groups is 1. The summed E-state index contributed by atoms with van der Waals surface area (Å²) in [5.74, 6) is 0.411. The van der Waals surface area contributed by atoms with Gasteiger partial charge in [0, 0.05) is 30.7 Å². The first-order chi connectivity index (χ1) is 12.5. The minimum atomic E-state index is -4.49. The number of para-hydroxylation sites is 1. The predicted molar refractivity (Wildman–Crippen MR) is 101 cm³/mol. The number of alkyl halides is 3. The van der Waals surface area contributed by atoms with Crippen LogP contribution in [0.1, 0.15) is 56.4 Å². The van der Waals surface area contributed by atoms with Crippen LogP contribution in [0.4, 0.5) is 23.7 Å². The molecule has 27 heavy (non-hydrogen) atoms. The lowest BCUT2D eigenvalue weighted by Gasteiger charge is -2.20. The summed E-state index contributed by atoms with van der Waals surface area (Å²) < 4.78 is 41.7. The van der Waals surface area contributed by atoms with Gasteiger partial charge in [-0.05, 0) is 23.0 Å². The van der Waals surface area contributed by atoms with Gasteiger partial charge in [-0.3, -0.25) is 9.40 Å². The third-order valence-electron chi connectivity index (χ3n) is 4.01. The van der Waals surface area contributed by atoms with Crippen molar-refractivity contribution in [3.8, 4) is 0 Å². The van der Waals surface area contributed by atoms with E-state index in [9.17, 15) is 18.0 Å². The lowest BCUT2D eigenvalue weighted by Crippen LogP contribution is -2.24. The smallest absolute Gasteiger partial charge is 0.307 e. The molecule has 9 heteroatoms. The van der Waals surface area contributed by atoms with E-state index in [0.717, 1.165) is 39.5 Å². The maximum atomic E-state index is 12.8. The second-order valence-corrected chi connectivity index (χ2v) is 7.59. The summed E-state index contributed by atoms with van der Waals surface area (Å²) in [6, 6.07) is 6.23. The topological polar surface area (TPSA) is 59.0 Å². The third kappa shape index (κ3) is 5.18. The van der Waals surface area contributed by atoms with Gasteiger partial charge in [0.05, 0.1) is 0 Å². The quantitative estimate of drug-likeness (QED) is 0.650. The molecule has 1 aromatic heterocycles. The van der Waals surface area contributed by atoms with E-state index in [1.165, 1.54) is 7.05 Å². The van der Waals surface area contributed by atoms with Crippen LogP contribution in [0, 0.1) is 0 Å². The fourth-order valence-corrected chi connectivity index (χ4v) is 3.27. The lowest BCUT2D eigenvalue weighted by atomic mass is 9.93. The second kappa shape index (κ2) is 8.24. The fraction of sp³-hybridized carbons (Fsp3) is 0.444. The molecule has 2 aromatic rings. The number of hydrogen-bond donors (Lipinski definition) is 2. The Labute approximate surface area is 160 Å². The van der Waals surface area contributed by atoms with E-state index < -0.39 is 17.9 Å². The molecule has 0 atom stereocenters. The molecular weight excluding hydrogens is 377 g/mol. The molecule has 5 nitrogen and oxygen atoms in total. The number of rotatable bonds is 5. The Balaban J connectivity index is 2.13. The normalized spacial score (nSPS) is 11.9. The van der Waals surface area contributed by atoms with Crippen LogP contribution in [0.2, 0.25) is 0 Å². The first-order valence-corrected chi connectivity index (χ1v) is 9.30. The zero-order chi connectivity index (χ0) is 20.4. The molecule has 2 rings (SSSR count). The van der Waals surface area contributed by atoms with Crippen molar-refractivity contribution in [2.45, 2.75) is 50.7 Å². The third-order valence-corrected chi connectivity index (χ3v) is 4.70. The first-order valence-electron chi connectivity index (χ1n) is 8.48. The van der Waals surface area contributed by atoms with Gasteiger partial charge in [0.1, 0.15) is 10.7 Å². The van der Waals surface area contributed by atoms with Gasteiger partial charge in [0.25, 0.3) is 0 Å². The summed E-state index contributed by atoms with van der Waals surface area (Å²) in [6.45, 7) is 8.13. The molecule has 0 bridgehead atoms. The monoisotopic (exact) mass is 400 g/mol. The summed E-state index contributed by atoms with van der Waals surface area (Å²) in [7, 11) is 1.21. The molecule has 0 aliphatic heterocycles. The Hall–Kier alpha value is -2.16. The molecule has 1 aromatic carbocycles. The highest BCUT2D eigenvalue weighted by molar-refractivity contribution is 7.97. The highest BCUT2D eigenvalue weighted by Gasteiger charge is 2.35. The number of aryl methyl sites for hydroxylation is 1. The molecule has 148 valence electrons. The van der Waals surface area contributed by atoms with Crippen LogP contribution in [0.3, 0.4) is 0 Å². The Morgan fingerprint density at radius 3 is 2.15 bits per heavy atom. The van der Waals surface area contributed by atoms with Gasteiger partial charge in [0.2, 0.25) is 0 Å². The van der Waals surface area contributed by atoms with Gasteiger partial charge >= 0.3 is 12.2 Å². The Morgan fingerprint density at radius 2 is 1.70 bits per heavy atom. The van der Waals surface area contributed by atoms with Crippen molar-refractivity contribution in [1.82, 2.24) is 14.5 Å². The van der Waals surface area contributed by atoms with Crippen molar-refractivity contribution < 1.29 is 18.0 Å². The molecule has 0 aliphatic rings. The molecular formula is C18H23F3N4OS. The highest BCUT2D eigenvalue weighted by Crippen LogP contribution is 2.33. The Morgan fingerprint density at radius 1 is 1.15 bits per heavy atom. The maximum Gasteiger partial charge on any atom is 0.433 e. The molecule has 0 saturated heterocycles. The van der Waals surface area contributed by atoms with Crippen molar-refractivity contribution in [1.29, 1.82) is 0 Å². The van der Waals surface area contributed by atoms with E-state index in [1.54, 1.807) is 0 Å². The van der Waals surface area contributed by atoms with Gasteiger partial charge in [-0.2, -0.15) is 18.3 Å². The van der Waals surface area contributed by atoms with E-state index >= 15 is 0 Å². The van der Waals surface area contributed by atoms with E-state index in [-0.39, 0.29) is 16.9 Å². The van der Waals surface area contributed by atoms with E-state index in [0.29, 0.717) is 0 Å². The average Bonchev–Trinajstić information content (AvgIpc) is 2.94. The number of nitrogens with one attached hydrogen (secondary N) is 2. The summed E-state index contributed by atoms with van der Waals surface area (Å²) in [6.07, 6.45) is -4.49. The van der Waals surface area contributed by atoms with Gasteiger partial charge in [-0.25, -0.2) is 4.79 Å². The molecule has 0 saturated carbocycles. The maximum absolute atomic E-state index is 12.8. The number of amides is 2. The number of carbonyl (C=O) groups is 1. The van der Waals surface area contributed by atoms with Crippen molar-refractivity contribution in [2.24, 2.45) is 7.05 Å². The van der Waals surface area contributed by atoms with Gasteiger partial charge < -0.3 is 5.32 Å². The number of anilines is 1. The molecule has 2 N–H and O–H groups in total. The Bertz CT molecular complexity index is 789. The number of benzene rings is 1. The van der Waals surface area contributed by atoms with E-state index in [4.69, 9.17) is 0 Å². The van der Waals surface area contributed by atoms with Crippen molar-refractivity contribution in [3.63, 3.8) is 0 Å². The van der Waals surface area contributed by atoms with E-state index in [1.807, 2.05) is 45.9 Å². The van der Waals surface area contributed by atoms with Crippen LogP contribution in [0.25, 0.3) is 0 Å². The minimum Gasteiger partial charge on any atom is -0.307 e. The number of halogens is 3. The van der Waals surface area contributed by atoms with Crippen molar-refractivity contribution in [2.75, 3.05) is 5.32 Å². The molecule has 0 spiro atoms. The summed E-state index contributed by atoms with van der Waals surface area (Å²) in [5.41, 5.74) is 1.86. The fourth-order valence-electron chi connectivity index (χ4n) is 2.69. The molecule has 1 heterocycles. The average molecular weight is 400 g/mol. The first kappa shape index (κ1) is 21.1. The summed E-state index contributed by atoms with van der Waals surface area (Å²) in [5, 5.41) is 6.66. The predicted octanol–water partition coefficient (Wildman–Crippen LogP) is 5.51. The zero-order valence-corrected chi connectivity index (χ0v) is 16.6. The van der Waals surface area contributed by atoms with Crippen LogP contribution < -0.4 is 10.0 Å². The van der Waals surface area contributed by atoms with Gasteiger partial charge in [-0.15, -0.1) is 0 Å². The summed E-state index contributed by atoms with van der Waals surface area (Å²) >= 11 is 0.733. The van der Waals surface area contributed by atoms with Crippen LogP contribution >= 0.6 is 11.9 Å². The number of nitrogens with zero attached hydrogens (tertiary/aromatic N) is 2. The SMILES string of the molecule is CC(C)c1cccc(C(C)C)c1NC(=O)NSc1cc(C(F)(F)F)n(C)n1. The molecule has 0 unspecified atom stereocenters. The van der Waals surface area contributed by atoms with Crippen LogP contribution in [-0.2, 0) is 13.2 Å². The number of carbonyl (C=O) groups excluding carboxylic acids is 1. The van der Waals surface area contributed by atoms with Gasteiger partial charge in [-0.1, -0.05) is 45.9 Å². The molecule has 0 fully saturated rings. The van der Waals surface area contributed by atoms with Crippen molar-refractivity contribution in [3.05, 3.63) is 41.1 Å². The molecule has 0 radical (unpaired) electrons. The Kier molecular flexibility index (Phi) is 6.46. The molecule has 0 aliphatic carbocycles.